The van der Waals surface area contributed by atoms with Crippen molar-refractivity contribution in [2.24, 2.45) is 0 Å². The molecule has 2 aliphatic rings. The first-order valence-corrected chi connectivity index (χ1v) is 8.48. The third-order valence-corrected chi connectivity index (χ3v) is 5.37. The van der Waals surface area contributed by atoms with Crippen LogP contribution in [0.3, 0.4) is 0 Å². The molecule has 3 heteroatoms. The van der Waals surface area contributed by atoms with Crippen molar-refractivity contribution >= 4 is 5.69 Å². The number of hydrogen-bond donors (Lipinski definition) is 1. The molecule has 0 bridgehead atoms. The van der Waals surface area contributed by atoms with E-state index in [1.54, 1.807) is 0 Å². The number of para-hydroxylation sites is 1. The molecule has 2 atom stereocenters. The molecule has 1 fully saturated rings. The van der Waals surface area contributed by atoms with Gasteiger partial charge in [-0.1, -0.05) is 25.1 Å². The van der Waals surface area contributed by atoms with Crippen molar-refractivity contribution in [3.05, 3.63) is 29.3 Å². The molecule has 0 aromatic heterocycles. The summed E-state index contributed by atoms with van der Waals surface area (Å²) in [7, 11) is 2.30. The number of nitrogens with one attached hydrogen (secondary N) is 1. The van der Waals surface area contributed by atoms with E-state index in [4.69, 9.17) is 0 Å². The summed E-state index contributed by atoms with van der Waals surface area (Å²) in [5.74, 6) is 0. The minimum absolute atomic E-state index is 0.718. The van der Waals surface area contributed by atoms with Crippen LogP contribution >= 0.6 is 0 Å². The molecule has 0 spiro atoms. The van der Waals surface area contributed by atoms with E-state index in [1.807, 2.05) is 0 Å². The highest BCUT2D eigenvalue weighted by Crippen LogP contribution is 2.29. The number of piperidine rings is 1. The van der Waals surface area contributed by atoms with Gasteiger partial charge < -0.3 is 10.2 Å². The molecule has 0 radical (unpaired) electrons. The number of benzene rings is 1. The van der Waals surface area contributed by atoms with E-state index < -0.39 is 0 Å². The van der Waals surface area contributed by atoms with Crippen molar-refractivity contribution < 1.29 is 0 Å². The maximum atomic E-state index is 3.57. The van der Waals surface area contributed by atoms with Gasteiger partial charge in [-0.2, -0.15) is 0 Å². The first-order chi connectivity index (χ1) is 10.2. The van der Waals surface area contributed by atoms with Crippen molar-refractivity contribution in [3.8, 4) is 0 Å². The van der Waals surface area contributed by atoms with E-state index in [-0.39, 0.29) is 0 Å². The van der Waals surface area contributed by atoms with E-state index in [2.05, 4.69) is 54.2 Å². The molecule has 1 aromatic rings. The van der Waals surface area contributed by atoms with Gasteiger partial charge >= 0.3 is 0 Å². The van der Waals surface area contributed by atoms with Crippen molar-refractivity contribution in [2.45, 2.75) is 51.7 Å². The van der Waals surface area contributed by atoms with Crippen molar-refractivity contribution in [2.75, 3.05) is 32.0 Å². The Morgan fingerprint density at radius 1 is 1.38 bits per heavy atom. The van der Waals surface area contributed by atoms with E-state index in [1.165, 1.54) is 49.2 Å². The van der Waals surface area contributed by atoms with E-state index >= 15 is 0 Å². The Morgan fingerprint density at radius 3 is 3.00 bits per heavy atom. The van der Waals surface area contributed by atoms with Gasteiger partial charge in [0.15, 0.2) is 0 Å². The molecule has 2 heterocycles. The second-order valence-electron chi connectivity index (χ2n) is 6.70. The molecule has 0 aliphatic carbocycles. The average molecular weight is 287 g/mol. The molecule has 1 N–H and O–H groups in total. The lowest BCUT2D eigenvalue weighted by Crippen LogP contribution is -2.47. The van der Waals surface area contributed by atoms with Crippen LogP contribution in [0, 0.1) is 0 Å². The zero-order valence-corrected chi connectivity index (χ0v) is 13.7. The molecule has 0 saturated carbocycles. The zero-order chi connectivity index (χ0) is 14.8. The van der Waals surface area contributed by atoms with Crippen LogP contribution in [0.4, 0.5) is 5.69 Å². The van der Waals surface area contributed by atoms with Gasteiger partial charge in [-0.05, 0) is 57.5 Å². The summed E-state index contributed by atoms with van der Waals surface area (Å²) in [4.78, 5) is 5.17. The number of rotatable bonds is 4. The normalized spacial score (nSPS) is 25.9. The third kappa shape index (κ3) is 3.09. The number of likely N-dealkylation sites (tertiary alicyclic amines) is 1. The number of hydrogen-bond acceptors (Lipinski definition) is 3. The lowest BCUT2D eigenvalue weighted by molar-refractivity contribution is 0.0864. The van der Waals surface area contributed by atoms with E-state index in [0.29, 0.717) is 0 Å². The minimum Gasteiger partial charge on any atom is -0.384 e. The molecule has 2 aliphatic heterocycles. The Morgan fingerprint density at radius 2 is 2.24 bits per heavy atom. The topological polar surface area (TPSA) is 18.5 Å². The predicted octanol–water partition coefficient (Wildman–Crippen LogP) is 2.96. The minimum atomic E-state index is 0.718. The standard InChI is InChI=1S/C18H29N3/c1-4-21-11-9-17(12-14(21)2)20(3)13-16-7-5-6-15-8-10-19-18(15)16/h5-7,14,17,19H,4,8-13H2,1-3H3. The SMILES string of the molecule is CCN1CCC(N(C)Cc2cccc3c2NCC3)CC1C. The Labute approximate surface area is 129 Å². The molecule has 116 valence electrons. The fourth-order valence-corrected chi connectivity index (χ4v) is 4.01. The fourth-order valence-electron chi connectivity index (χ4n) is 4.01. The first-order valence-electron chi connectivity index (χ1n) is 8.48. The van der Waals surface area contributed by atoms with Gasteiger partial charge in [-0.25, -0.2) is 0 Å². The predicted molar refractivity (Wildman–Crippen MR) is 89.8 cm³/mol. The second kappa shape index (κ2) is 6.37. The number of fused-ring (bicyclic) bond motifs is 1. The molecule has 1 saturated heterocycles. The van der Waals surface area contributed by atoms with Crippen LogP contribution in [-0.4, -0.2) is 48.6 Å². The summed E-state index contributed by atoms with van der Waals surface area (Å²) < 4.78 is 0. The van der Waals surface area contributed by atoms with Crippen molar-refractivity contribution in [3.63, 3.8) is 0 Å². The highest BCUT2D eigenvalue weighted by atomic mass is 15.2. The van der Waals surface area contributed by atoms with Crippen molar-refractivity contribution in [1.82, 2.24) is 9.80 Å². The van der Waals surface area contributed by atoms with Gasteiger partial charge in [0.25, 0.3) is 0 Å². The molecule has 3 nitrogen and oxygen atoms in total. The summed E-state index contributed by atoms with van der Waals surface area (Å²) in [5.41, 5.74) is 4.37. The maximum absolute atomic E-state index is 3.57. The molecule has 3 rings (SSSR count). The fraction of sp³-hybridized carbons (Fsp3) is 0.667. The highest BCUT2D eigenvalue weighted by molar-refractivity contribution is 5.61. The Kier molecular flexibility index (Phi) is 4.51. The first kappa shape index (κ1) is 14.9. The Hall–Kier alpha value is -1.06. The summed E-state index contributed by atoms with van der Waals surface area (Å²) in [5, 5.41) is 3.57. The number of nitrogens with zero attached hydrogens (tertiary/aromatic N) is 2. The Bertz CT molecular complexity index is 485. The molecular weight excluding hydrogens is 258 g/mol. The van der Waals surface area contributed by atoms with Gasteiger partial charge in [-0.3, -0.25) is 4.90 Å². The zero-order valence-electron chi connectivity index (χ0n) is 13.7. The summed E-state index contributed by atoms with van der Waals surface area (Å²) in [6.07, 6.45) is 3.78. The summed E-state index contributed by atoms with van der Waals surface area (Å²) in [6, 6.07) is 8.21. The van der Waals surface area contributed by atoms with E-state index in [0.717, 1.165) is 25.2 Å². The van der Waals surface area contributed by atoms with Gasteiger partial charge in [-0.15, -0.1) is 0 Å². The molecule has 1 aromatic carbocycles. The van der Waals surface area contributed by atoms with Gasteiger partial charge in [0.1, 0.15) is 0 Å². The third-order valence-electron chi connectivity index (χ3n) is 5.37. The van der Waals surface area contributed by atoms with Crippen molar-refractivity contribution in [1.29, 1.82) is 0 Å². The van der Waals surface area contributed by atoms with Crippen LogP contribution in [0.5, 0.6) is 0 Å². The van der Waals surface area contributed by atoms with Crippen LogP contribution in [-0.2, 0) is 13.0 Å². The maximum Gasteiger partial charge on any atom is 0.0419 e. The number of anilines is 1. The van der Waals surface area contributed by atoms with Gasteiger partial charge in [0, 0.05) is 30.9 Å². The molecule has 2 unspecified atom stereocenters. The van der Waals surface area contributed by atoms with E-state index in [9.17, 15) is 0 Å². The highest BCUT2D eigenvalue weighted by Gasteiger charge is 2.27. The monoisotopic (exact) mass is 287 g/mol. The summed E-state index contributed by atoms with van der Waals surface area (Å²) >= 11 is 0. The van der Waals surface area contributed by atoms with Crippen LogP contribution in [0.15, 0.2) is 18.2 Å². The van der Waals surface area contributed by atoms with Gasteiger partial charge in [0.2, 0.25) is 0 Å². The summed E-state index contributed by atoms with van der Waals surface area (Å²) in [6.45, 7) is 9.26. The van der Waals surface area contributed by atoms with Crippen LogP contribution in [0.25, 0.3) is 0 Å². The second-order valence-corrected chi connectivity index (χ2v) is 6.70. The van der Waals surface area contributed by atoms with Crippen LogP contribution in [0.1, 0.15) is 37.8 Å². The van der Waals surface area contributed by atoms with Crippen LogP contribution < -0.4 is 5.32 Å². The lowest BCUT2D eigenvalue weighted by atomic mass is 9.96. The van der Waals surface area contributed by atoms with Crippen LogP contribution in [0.2, 0.25) is 0 Å². The largest absolute Gasteiger partial charge is 0.384 e. The smallest absolute Gasteiger partial charge is 0.0419 e. The Balaban J connectivity index is 1.65. The molecular formula is C18H29N3. The molecule has 0 amide bonds. The van der Waals surface area contributed by atoms with Gasteiger partial charge in [0.05, 0.1) is 0 Å². The quantitative estimate of drug-likeness (QED) is 0.918. The lowest BCUT2D eigenvalue weighted by Gasteiger charge is -2.40. The average Bonchev–Trinajstić information content (AvgIpc) is 2.96. The molecule has 21 heavy (non-hydrogen) atoms.